The summed E-state index contributed by atoms with van der Waals surface area (Å²) in [5.41, 5.74) is 0.456. The lowest BCUT2D eigenvalue weighted by Crippen LogP contribution is -2.19. The van der Waals surface area contributed by atoms with E-state index in [1.165, 1.54) is 18.4 Å². The molecule has 0 atom stereocenters. The van der Waals surface area contributed by atoms with Crippen LogP contribution in [0.25, 0.3) is 10.8 Å². The highest BCUT2D eigenvalue weighted by Crippen LogP contribution is 2.27. The van der Waals surface area contributed by atoms with Gasteiger partial charge in [0.1, 0.15) is 10.9 Å². The second kappa shape index (κ2) is 4.12. The number of nitriles is 1. The molecule has 2 aromatic rings. The van der Waals surface area contributed by atoms with Crippen LogP contribution in [-0.4, -0.2) is 23.1 Å². The van der Waals surface area contributed by atoms with Gasteiger partial charge in [0.15, 0.2) is 0 Å². The quantitative estimate of drug-likeness (QED) is 0.837. The summed E-state index contributed by atoms with van der Waals surface area (Å²) in [6, 6.07) is 3.67. The summed E-state index contributed by atoms with van der Waals surface area (Å²) in [7, 11) is 1.48. The standard InChI is InChI=1S/C9H6N4O2S/c1-11-8(14)7-12-9(15-13-7)6-5(4-10)2-3-16-6/h2-3H,1H3,(H,11,14). The number of nitrogens with zero attached hydrogens (tertiary/aromatic N) is 3. The van der Waals surface area contributed by atoms with Gasteiger partial charge < -0.3 is 9.84 Å². The fraction of sp³-hybridized carbons (Fsp3) is 0.111. The Hall–Kier alpha value is -2.20. The first-order valence-electron chi connectivity index (χ1n) is 4.30. The number of aromatic nitrogens is 2. The fourth-order valence-corrected chi connectivity index (χ4v) is 1.85. The van der Waals surface area contributed by atoms with Gasteiger partial charge in [0.25, 0.3) is 17.6 Å². The van der Waals surface area contributed by atoms with E-state index >= 15 is 0 Å². The van der Waals surface area contributed by atoms with Crippen LogP contribution in [0.2, 0.25) is 0 Å². The Morgan fingerprint density at radius 3 is 3.19 bits per heavy atom. The molecule has 0 saturated heterocycles. The lowest BCUT2D eigenvalue weighted by atomic mass is 10.3. The lowest BCUT2D eigenvalue weighted by molar-refractivity contribution is 0.0950. The Labute approximate surface area is 94.5 Å². The minimum atomic E-state index is -0.426. The maximum atomic E-state index is 11.2. The van der Waals surface area contributed by atoms with Crippen LogP contribution in [0.15, 0.2) is 16.0 Å². The van der Waals surface area contributed by atoms with Crippen LogP contribution >= 0.6 is 11.3 Å². The molecule has 0 aliphatic rings. The molecule has 1 N–H and O–H groups in total. The molecule has 80 valence electrons. The van der Waals surface area contributed by atoms with Gasteiger partial charge in [-0.1, -0.05) is 5.16 Å². The maximum Gasteiger partial charge on any atom is 0.292 e. The number of hydrogen-bond acceptors (Lipinski definition) is 6. The van der Waals surface area contributed by atoms with E-state index in [1.54, 1.807) is 11.4 Å². The summed E-state index contributed by atoms with van der Waals surface area (Å²) in [4.78, 5) is 15.7. The van der Waals surface area contributed by atoms with Crippen LogP contribution in [0.4, 0.5) is 0 Å². The van der Waals surface area contributed by atoms with Crippen molar-refractivity contribution >= 4 is 17.2 Å². The summed E-state index contributed by atoms with van der Waals surface area (Å²) in [6.45, 7) is 0. The molecular weight excluding hydrogens is 228 g/mol. The van der Waals surface area contributed by atoms with Crippen molar-refractivity contribution in [2.45, 2.75) is 0 Å². The van der Waals surface area contributed by atoms with Crippen LogP contribution < -0.4 is 5.32 Å². The van der Waals surface area contributed by atoms with Crippen LogP contribution in [0.5, 0.6) is 0 Å². The summed E-state index contributed by atoms with van der Waals surface area (Å²) in [6.07, 6.45) is 0. The highest BCUT2D eigenvalue weighted by molar-refractivity contribution is 7.13. The van der Waals surface area contributed by atoms with Gasteiger partial charge in [0, 0.05) is 7.05 Å². The number of nitrogens with one attached hydrogen (secondary N) is 1. The minimum Gasteiger partial charge on any atom is -0.352 e. The number of carbonyl (C=O) groups excluding carboxylic acids is 1. The van der Waals surface area contributed by atoms with E-state index in [0.29, 0.717) is 10.4 Å². The van der Waals surface area contributed by atoms with Crippen LogP contribution in [0, 0.1) is 11.3 Å². The Morgan fingerprint density at radius 1 is 1.69 bits per heavy atom. The van der Waals surface area contributed by atoms with E-state index in [9.17, 15) is 4.79 Å². The van der Waals surface area contributed by atoms with Gasteiger partial charge in [-0.2, -0.15) is 10.2 Å². The molecule has 2 aromatic heterocycles. The van der Waals surface area contributed by atoms with Crippen molar-refractivity contribution in [1.82, 2.24) is 15.5 Å². The molecule has 0 unspecified atom stereocenters. The molecular formula is C9H6N4O2S. The Morgan fingerprint density at radius 2 is 2.50 bits per heavy atom. The van der Waals surface area contributed by atoms with Gasteiger partial charge in [0.2, 0.25) is 0 Å². The lowest BCUT2D eigenvalue weighted by Gasteiger charge is -1.88. The Balaban J connectivity index is 2.40. The topological polar surface area (TPSA) is 91.8 Å². The summed E-state index contributed by atoms with van der Waals surface area (Å²) in [5.74, 6) is -0.287. The molecule has 7 heteroatoms. The zero-order chi connectivity index (χ0) is 11.5. The molecule has 1 amide bonds. The zero-order valence-electron chi connectivity index (χ0n) is 8.22. The normalized spacial score (nSPS) is 9.75. The van der Waals surface area contributed by atoms with Crippen molar-refractivity contribution in [2.24, 2.45) is 0 Å². The van der Waals surface area contributed by atoms with Crippen LogP contribution in [0.3, 0.4) is 0 Å². The van der Waals surface area contributed by atoms with Crippen molar-refractivity contribution in [2.75, 3.05) is 7.05 Å². The molecule has 0 fully saturated rings. The second-order valence-corrected chi connectivity index (χ2v) is 3.69. The van der Waals surface area contributed by atoms with Crippen molar-refractivity contribution in [3.63, 3.8) is 0 Å². The first-order chi connectivity index (χ1) is 7.76. The largest absolute Gasteiger partial charge is 0.352 e. The Bertz CT molecular complexity index is 566. The van der Waals surface area contributed by atoms with Crippen molar-refractivity contribution in [3.8, 4) is 16.8 Å². The van der Waals surface area contributed by atoms with E-state index in [4.69, 9.17) is 9.78 Å². The van der Waals surface area contributed by atoms with E-state index in [1.807, 2.05) is 6.07 Å². The SMILES string of the molecule is CNC(=O)c1noc(-c2sccc2C#N)n1. The molecule has 0 aromatic carbocycles. The van der Waals surface area contributed by atoms with E-state index in [2.05, 4.69) is 15.5 Å². The molecule has 16 heavy (non-hydrogen) atoms. The first kappa shape index (κ1) is 10.3. The Kier molecular flexibility index (Phi) is 2.66. The van der Waals surface area contributed by atoms with Crippen molar-refractivity contribution in [3.05, 3.63) is 22.8 Å². The minimum absolute atomic E-state index is 0.0465. The van der Waals surface area contributed by atoms with Crippen LogP contribution in [-0.2, 0) is 0 Å². The third kappa shape index (κ3) is 1.66. The maximum absolute atomic E-state index is 11.2. The molecule has 0 bridgehead atoms. The highest BCUT2D eigenvalue weighted by atomic mass is 32.1. The van der Waals surface area contributed by atoms with Gasteiger partial charge in [-0.15, -0.1) is 11.3 Å². The summed E-state index contributed by atoms with van der Waals surface area (Å²) >= 11 is 1.31. The molecule has 2 rings (SSSR count). The molecule has 0 aliphatic carbocycles. The second-order valence-electron chi connectivity index (χ2n) is 2.78. The van der Waals surface area contributed by atoms with Gasteiger partial charge >= 0.3 is 0 Å². The molecule has 0 aliphatic heterocycles. The predicted octanol–water partition coefficient (Wildman–Crippen LogP) is 1.03. The van der Waals surface area contributed by atoms with Crippen molar-refractivity contribution in [1.29, 1.82) is 5.26 Å². The monoisotopic (exact) mass is 234 g/mol. The van der Waals surface area contributed by atoms with E-state index in [0.717, 1.165) is 0 Å². The summed E-state index contributed by atoms with van der Waals surface area (Å²) in [5, 5.41) is 16.5. The van der Waals surface area contributed by atoms with E-state index in [-0.39, 0.29) is 11.7 Å². The molecule has 2 heterocycles. The third-order valence-electron chi connectivity index (χ3n) is 1.84. The molecule has 0 radical (unpaired) electrons. The fourth-order valence-electron chi connectivity index (χ4n) is 1.08. The predicted molar refractivity (Wildman–Crippen MR) is 55.7 cm³/mol. The number of rotatable bonds is 2. The van der Waals surface area contributed by atoms with Crippen LogP contribution in [0.1, 0.15) is 16.2 Å². The average Bonchev–Trinajstić information content (AvgIpc) is 2.95. The van der Waals surface area contributed by atoms with Crippen molar-refractivity contribution < 1.29 is 9.32 Å². The summed E-state index contributed by atoms with van der Waals surface area (Å²) < 4.78 is 4.91. The van der Waals surface area contributed by atoms with Gasteiger partial charge in [-0.3, -0.25) is 4.79 Å². The number of hydrogen-bond donors (Lipinski definition) is 1. The first-order valence-corrected chi connectivity index (χ1v) is 5.18. The zero-order valence-corrected chi connectivity index (χ0v) is 9.04. The number of amides is 1. The smallest absolute Gasteiger partial charge is 0.292 e. The number of thiophene rings is 1. The average molecular weight is 234 g/mol. The van der Waals surface area contributed by atoms with Gasteiger partial charge in [0.05, 0.1) is 5.56 Å². The number of carbonyl (C=O) groups is 1. The molecule has 0 saturated carbocycles. The van der Waals surface area contributed by atoms with Gasteiger partial charge in [-0.05, 0) is 11.4 Å². The van der Waals surface area contributed by atoms with Gasteiger partial charge in [-0.25, -0.2) is 0 Å². The molecule has 0 spiro atoms. The highest BCUT2D eigenvalue weighted by Gasteiger charge is 2.17. The third-order valence-corrected chi connectivity index (χ3v) is 2.74. The molecule has 6 nitrogen and oxygen atoms in total. The van der Waals surface area contributed by atoms with E-state index < -0.39 is 5.91 Å².